The van der Waals surface area contributed by atoms with Crippen molar-refractivity contribution in [3.05, 3.63) is 141 Å². The molecule has 4 heterocycles. The highest BCUT2D eigenvalue weighted by atomic mass is 35.5. The van der Waals surface area contributed by atoms with E-state index in [4.69, 9.17) is 49.3 Å². The number of carbonyl (C=O) groups is 1. The number of methoxy groups -OCH3 is 1. The molecule has 0 fully saturated rings. The summed E-state index contributed by atoms with van der Waals surface area (Å²) in [5.41, 5.74) is 14.7. The molecule has 0 bridgehead atoms. The second-order valence-corrected chi connectivity index (χ2v) is 16.5. The summed E-state index contributed by atoms with van der Waals surface area (Å²) in [6, 6.07) is 23.9. The molecule has 0 saturated carbocycles. The van der Waals surface area contributed by atoms with Crippen LogP contribution in [0.15, 0.2) is 83.8 Å². The number of nitrogens with one attached hydrogen (secondary N) is 2. The number of benzene rings is 2. The number of ether oxygens (including phenoxy) is 1. The lowest BCUT2D eigenvalue weighted by molar-refractivity contribution is -0.137. The van der Waals surface area contributed by atoms with E-state index in [-0.39, 0.29) is 10.8 Å². The molecule has 0 aliphatic heterocycles. The van der Waals surface area contributed by atoms with Crippen molar-refractivity contribution in [1.29, 1.82) is 5.41 Å². The molecular weight excluding hydrogens is 882 g/mol. The van der Waals surface area contributed by atoms with Crippen LogP contribution >= 0.6 is 23.2 Å². The number of rotatable bonds is 5. The van der Waals surface area contributed by atoms with E-state index in [1.165, 1.54) is 11.8 Å². The Labute approximate surface area is 373 Å². The van der Waals surface area contributed by atoms with Crippen LogP contribution in [0.5, 0.6) is 0 Å². The lowest BCUT2D eigenvalue weighted by Gasteiger charge is -2.10. The molecule has 17 nitrogen and oxygen atoms in total. The van der Waals surface area contributed by atoms with Crippen molar-refractivity contribution in [3.8, 4) is 0 Å². The lowest BCUT2D eigenvalue weighted by Crippen LogP contribution is -2.27. The van der Waals surface area contributed by atoms with Gasteiger partial charge in [-0.25, -0.2) is 19.2 Å². The van der Waals surface area contributed by atoms with Crippen LogP contribution in [0, 0.1) is 67.7 Å². The average Bonchev–Trinajstić information content (AvgIpc) is 3.60. The zero-order valence-electron chi connectivity index (χ0n) is 36.2. The Bertz CT molecular complexity index is 2640. The van der Waals surface area contributed by atoms with E-state index in [2.05, 4.69) is 24.5 Å². The number of nitrogens with zero attached hydrogens (tertiary/aromatic N) is 5. The first-order valence-electron chi connectivity index (χ1n) is 18.3. The number of halogens is 2. The third kappa shape index (κ3) is 19.4. The Morgan fingerprint density at radius 2 is 1.27 bits per heavy atom. The fourth-order valence-electron chi connectivity index (χ4n) is 5.43. The van der Waals surface area contributed by atoms with E-state index in [1.807, 2.05) is 83.1 Å². The molecule has 0 unspecified atom stereocenters. The fourth-order valence-corrected chi connectivity index (χ4v) is 7.16. The largest absolute Gasteiger partial charge is 0.468 e. The van der Waals surface area contributed by atoms with E-state index >= 15 is 0 Å². The first kappa shape index (κ1) is 54.4. The molecule has 6 aromatic rings. The van der Waals surface area contributed by atoms with E-state index < -0.39 is 26.4 Å². The van der Waals surface area contributed by atoms with Gasteiger partial charge in [0.1, 0.15) is 17.2 Å². The van der Waals surface area contributed by atoms with Gasteiger partial charge in [0, 0.05) is 17.1 Å². The summed E-state index contributed by atoms with van der Waals surface area (Å²) in [6.07, 6.45) is 0. The van der Waals surface area contributed by atoms with Gasteiger partial charge in [0.15, 0.2) is 11.5 Å². The average molecular weight is 937 g/mol. The monoisotopic (exact) mass is 935 g/mol. The highest BCUT2D eigenvalue weighted by Gasteiger charge is 2.16. The number of esters is 1. The van der Waals surface area contributed by atoms with Crippen LogP contribution in [-0.4, -0.2) is 69.2 Å². The third-order valence-electron chi connectivity index (χ3n) is 7.96. The van der Waals surface area contributed by atoms with E-state index in [9.17, 15) is 21.6 Å². The first-order chi connectivity index (χ1) is 28.7. The molecule has 4 aromatic heterocycles. The number of nitrogen functional groups attached to an aromatic ring is 2. The number of pyridine rings is 3. The van der Waals surface area contributed by atoms with Crippen molar-refractivity contribution in [3.63, 3.8) is 0 Å². The van der Waals surface area contributed by atoms with Gasteiger partial charge >= 0.3 is 16.3 Å². The molecule has 2 aromatic carbocycles. The topological polar surface area (TPSA) is 271 Å². The van der Waals surface area contributed by atoms with Gasteiger partial charge in [-0.1, -0.05) is 53.6 Å². The molecule has 0 radical (unpaired) electrons. The van der Waals surface area contributed by atoms with Crippen molar-refractivity contribution in [2.75, 3.05) is 29.3 Å². The zero-order valence-corrected chi connectivity index (χ0v) is 39.4. The number of aryl methyl sites for hydroxylation is 9. The molecule has 0 aliphatic rings. The molecule has 6 rings (SSSR count). The summed E-state index contributed by atoms with van der Waals surface area (Å²) in [7, 11) is -6.97. The van der Waals surface area contributed by atoms with E-state index in [0.29, 0.717) is 39.8 Å². The van der Waals surface area contributed by atoms with Crippen LogP contribution in [0.3, 0.4) is 0 Å². The molecule has 62 heavy (non-hydrogen) atoms. The zero-order chi connectivity index (χ0) is 47.5. The van der Waals surface area contributed by atoms with Gasteiger partial charge in [-0.3, -0.25) is 24.0 Å². The van der Waals surface area contributed by atoms with Crippen molar-refractivity contribution in [1.82, 2.24) is 24.3 Å². The summed E-state index contributed by atoms with van der Waals surface area (Å²) in [6.45, 7) is 16.5. The number of carbonyl (C=O) groups excluding carboxylic acids is 1. The van der Waals surface area contributed by atoms with Gasteiger partial charge < -0.3 is 16.3 Å². The second-order valence-electron chi connectivity index (χ2n) is 13.5. The van der Waals surface area contributed by atoms with Crippen LogP contribution < -0.4 is 21.8 Å². The van der Waals surface area contributed by atoms with Gasteiger partial charge in [0.05, 0.1) is 23.6 Å². The molecule has 0 saturated heterocycles. The van der Waals surface area contributed by atoms with Crippen LogP contribution in [0.2, 0.25) is 0 Å². The van der Waals surface area contributed by atoms with Gasteiger partial charge in [-0.05, 0) is 121 Å². The number of hydrogen-bond acceptors (Lipinski definition) is 12. The van der Waals surface area contributed by atoms with Gasteiger partial charge in [0.25, 0.3) is 10.1 Å². The summed E-state index contributed by atoms with van der Waals surface area (Å²) in [5, 5.41) is 11.4. The number of alkyl halides is 2. The van der Waals surface area contributed by atoms with Gasteiger partial charge in [-0.15, -0.1) is 28.3 Å². The minimum atomic E-state index is -4.19. The number of nitrogens with two attached hydrogens (primary N) is 2. The maximum Gasteiger partial charge on any atom is 0.357 e. The Morgan fingerprint density at radius 3 is 1.65 bits per heavy atom. The molecule has 0 spiro atoms. The van der Waals surface area contributed by atoms with E-state index in [1.54, 1.807) is 62.5 Å². The summed E-state index contributed by atoms with van der Waals surface area (Å²) in [5.74, 6) is 6.58. The minimum absolute atomic E-state index is 0.0260. The molecule has 8 N–H and O–H groups in total. The van der Waals surface area contributed by atoms with Gasteiger partial charge in [-0.2, -0.15) is 16.8 Å². The smallest absolute Gasteiger partial charge is 0.357 e. The predicted molar refractivity (Wildman–Crippen MR) is 245 cm³/mol. The maximum atomic E-state index is 10.9. The number of aromatic nitrogens is 5. The Kier molecular flexibility index (Phi) is 22.3. The first-order valence-corrected chi connectivity index (χ1v) is 22.2. The SMILES string of the molecule is COC(=O)CCl.Cc1cc(C)c(NS(=O)(=O)O)c(C)c1.Cc1cc(C)c(S(=O)(=O)O)c(C)c1.Cc1cccc(=N)n1N.Cc1cccc(N)n1.Cc1cccc2nc(CCl)nn12. The molecule has 21 heteroatoms. The highest BCUT2D eigenvalue weighted by molar-refractivity contribution is 7.87. The van der Waals surface area contributed by atoms with Crippen molar-refractivity contribution in [2.24, 2.45) is 0 Å². The van der Waals surface area contributed by atoms with Crippen LogP contribution in [0.1, 0.15) is 56.3 Å². The van der Waals surface area contributed by atoms with Crippen LogP contribution in [0.25, 0.3) is 5.65 Å². The second kappa shape index (κ2) is 25.4. The lowest BCUT2D eigenvalue weighted by atomic mass is 10.1. The minimum Gasteiger partial charge on any atom is -0.468 e. The van der Waals surface area contributed by atoms with Crippen molar-refractivity contribution >= 4 is 66.7 Å². The fraction of sp³-hybridized carbons (Fsp3) is 0.293. The molecule has 0 atom stereocenters. The van der Waals surface area contributed by atoms with E-state index in [0.717, 1.165) is 45.0 Å². The number of hydrogen-bond donors (Lipinski definition) is 6. The van der Waals surface area contributed by atoms with Crippen molar-refractivity contribution < 1.29 is 35.5 Å². The standard InChI is InChI=1S/C9H13NO3S.C9H12O3S.C8H8ClN3.C6H9N3.C6H8N2.C3H5ClO2/c1-6-4-7(2)9(8(3)5-6)10-14(11,12)13;1-6-4-7(2)9(8(3)5-6)13(10,11)12;1-6-3-2-4-8-10-7(5-9)11-12(6)8;1-5-3-2-4-6(7)9(5)8;1-5-3-2-4-6(7)8-5;1-6-3(5)2-4/h4-5,10H,1-3H3,(H,11,12,13);4-5H,1-3H3,(H,10,11,12);2-4H,5H2,1H3;2-4,7H,8H2,1H3;2-4H,1H3,(H2,7,8);2H2,1H3. The number of fused-ring (bicyclic) bond motifs is 1. The summed E-state index contributed by atoms with van der Waals surface area (Å²) >= 11 is 10.6. The summed E-state index contributed by atoms with van der Waals surface area (Å²) < 4.78 is 70.0. The Hall–Kier alpha value is -5.57. The third-order valence-corrected chi connectivity index (χ3v) is 10.0. The quantitative estimate of drug-likeness (QED) is 0.0449. The normalized spacial score (nSPS) is 10.4. The number of anilines is 2. The maximum absolute atomic E-state index is 10.9. The summed E-state index contributed by atoms with van der Waals surface area (Å²) in [4.78, 5) is 18.0. The van der Waals surface area contributed by atoms with Crippen LogP contribution in [0.4, 0.5) is 11.5 Å². The van der Waals surface area contributed by atoms with Crippen LogP contribution in [-0.2, 0) is 35.8 Å². The highest BCUT2D eigenvalue weighted by Crippen LogP contribution is 2.23. The molecule has 0 aliphatic carbocycles. The Morgan fingerprint density at radius 1 is 0.774 bits per heavy atom. The van der Waals surface area contributed by atoms with Gasteiger partial charge in [0.2, 0.25) is 0 Å². The molecule has 0 amide bonds. The predicted octanol–water partition coefficient (Wildman–Crippen LogP) is 6.82. The Balaban J connectivity index is 0.000000380. The van der Waals surface area contributed by atoms with Crippen molar-refractivity contribution in [2.45, 2.75) is 73.1 Å². The molecular formula is C41H55Cl2N9O8S2. The molecule has 338 valence electrons.